The summed E-state index contributed by atoms with van der Waals surface area (Å²) in [5.41, 5.74) is 0. The molecule has 1 aliphatic heterocycles. The molecular formula is C11H20O. The zero-order valence-corrected chi connectivity index (χ0v) is 8.25. The molecule has 1 aliphatic carbocycles. The number of ether oxygens (including phenoxy) is 1. The highest BCUT2D eigenvalue weighted by Gasteiger charge is 2.35. The Morgan fingerprint density at radius 3 is 2.75 bits per heavy atom. The standard InChI is InChI=1S/C11H20O/c1-8(2)9-3-4-11-10(7-9)5-6-12-11/h8-11H,3-7H2,1-2H3. The monoisotopic (exact) mass is 168 g/mol. The van der Waals surface area contributed by atoms with Gasteiger partial charge >= 0.3 is 0 Å². The number of hydrogen-bond acceptors (Lipinski definition) is 1. The van der Waals surface area contributed by atoms with Crippen molar-refractivity contribution in [1.29, 1.82) is 0 Å². The van der Waals surface area contributed by atoms with Gasteiger partial charge in [0.25, 0.3) is 0 Å². The lowest BCUT2D eigenvalue weighted by atomic mass is 9.75. The molecule has 0 bridgehead atoms. The Labute approximate surface area is 75.5 Å². The van der Waals surface area contributed by atoms with Crippen LogP contribution in [0.5, 0.6) is 0 Å². The Morgan fingerprint density at radius 2 is 2.00 bits per heavy atom. The minimum atomic E-state index is 0.639. The summed E-state index contributed by atoms with van der Waals surface area (Å²) in [5, 5.41) is 0. The zero-order valence-electron chi connectivity index (χ0n) is 8.25. The summed E-state index contributed by atoms with van der Waals surface area (Å²) >= 11 is 0. The summed E-state index contributed by atoms with van der Waals surface area (Å²) in [6.07, 6.45) is 6.13. The van der Waals surface area contributed by atoms with Crippen molar-refractivity contribution < 1.29 is 4.74 Å². The van der Waals surface area contributed by atoms with Crippen LogP contribution in [0.15, 0.2) is 0 Å². The first-order chi connectivity index (χ1) is 5.77. The van der Waals surface area contributed by atoms with Crippen molar-refractivity contribution in [1.82, 2.24) is 0 Å². The van der Waals surface area contributed by atoms with Crippen molar-refractivity contribution in [2.45, 2.75) is 45.6 Å². The fourth-order valence-corrected chi connectivity index (χ4v) is 2.77. The molecule has 0 spiro atoms. The van der Waals surface area contributed by atoms with Gasteiger partial charge in [-0.25, -0.2) is 0 Å². The van der Waals surface area contributed by atoms with Crippen LogP contribution < -0.4 is 0 Å². The topological polar surface area (TPSA) is 9.23 Å². The van der Waals surface area contributed by atoms with E-state index in [4.69, 9.17) is 4.74 Å². The van der Waals surface area contributed by atoms with Crippen LogP contribution in [0.2, 0.25) is 0 Å². The summed E-state index contributed by atoms with van der Waals surface area (Å²) in [6, 6.07) is 0. The van der Waals surface area contributed by atoms with Gasteiger partial charge in [0.2, 0.25) is 0 Å². The van der Waals surface area contributed by atoms with Gasteiger partial charge < -0.3 is 4.74 Å². The quantitative estimate of drug-likeness (QED) is 0.585. The molecule has 12 heavy (non-hydrogen) atoms. The second kappa shape index (κ2) is 3.37. The normalized spacial score (nSPS) is 41.8. The molecule has 1 saturated heterocycles. The third-order valence-electron chi connectivity index (χ3n) is 3.72. The van der Waals surface area contributed by atoms with Crippen molar-refractivity contribution in [3.63, 3.8) is 0 Å². The van der Waals surface area contributed by atoms with Gasteiger partial charge in [-0.2, -0.15) is 0 Å². The van der Waals surface area contributed by atoms with Gasteiger partial charge in [0.15, 0.2) is 0 Å². The van der Waals surface area contributed by atoms with E-state index in [9.17, 15) is 0 Å². The van der Waals surface area contributed by atoms with E-state index in [2.05, 4.69) is 13.8 Å². The van der Waals surface area contributed by atoms with Crippen LogP contribution in [0, 0.1) is 17.8 Å². The van der Waals surface area contributed by atoms with Crippen LogP contribution in [0.1, 0.15) is 39.5 Å². The first-order valence-electron chi connectivity index (χ1n) is 5.39. The van der Waals surface area contributed by atoms with Gasteiger partial charge in [0, 0.05) is 6.61 Å². The molecular weight excluding hydrogens is 148 g/mol. The highest BCUT2D eigenvalue weighted by atomic mass is 16.5. The second-order valence-electron chi connectivity index (χ2n) is 4.78. The van der Waals surface area contributed by atoms with Gasteiger partial charge in [-0.3, -0.25) is 0 Å². The first-order valence-corrected chi connectivity index (χ1v) is 5.39. The summed E-state index contributed by atoms with van der Waals surface area (Å²) in [5.74, 6) is 2.77. The largest absolute Gasteiger partial charge is 0.378 e. The third-order valence-corrected chi connectivity index (χ3v) is 3.72. The van der Waals surface area contributed by atoms with E-state index in [1.54, 1.807) is 0 Å². The highest BCUT2D eigenvalue weighted by Crippen LogP contribution is 2.39. The van der Waals surface area contributed by atoms with Crippen molar-refractivity contribution in [2.24, 2.45) is 17.8 Å². The van der Waals surface area contributed by atoms with Gasteiger partial charge in [-0.05, 0) is 43.4 Å². The Kier molecular flexibility index (Phi) is 2.40. The molecule has 2 aliphatic rings. The lowest BCUT2D eigenvalue weighted by Gasteiger charge is -2.32. The summed E-state index contributed by atoms with van der Waals surface area (Å²) in [4.78, 5) is 0. The van der Waals surface area contributed by atoms with Crippen LogP contribution in [-0.2, 0) is 4.74 Å². The molecule has 1 nitrogen and oxygen atoms in total. The molecule has 0 amide bonds. The number of rotatable bonds is 1. The number of fused-ring (bicyclic) bond motifs is 1. The highest BCUT2D eigenvalue weighted by molar-refractivity contribution is 4.85. The molecule has 3 atom stereocenters. The van der Waals surface area contributed by atoms with E-state index in [-0.39, 0.29) is 0 Å². The molecule has 3 unspecified atom stereocenters. The molecule has 0 N–H and O–H groups in total. The van der Waals surface area contributed by atoms with Crippen molar-refractivity contribution in [2.75, 3.05) is 6.61 Å². The SMILES string of the molecule is CC(C)C1CCC2OCCC2C1. The third kappa shape index (κ3) is 1.52. The smallest absolute Gasteiger partial charge is 0.0604 e. The van der Waals surface area contributed by atoms with Crippen molar-refractivity contribution in [3.8, 4) is 0 Å². The summed E-state index contributed by atoms with van der Waals surface area (Å²) < 4.78 is 5.68. The maximum absolute atomic E-state index is 5.68. The summed E-state index contributed by atoms with van der Waals surface area (Å²) in [6.45, 7) is 5.75. The average Bonchev–Trinajstić information content (AvgIpc) is 2.49. The van der Waals surface area contributed by atoms with Crippen molar-refractivity contribution in [3.05, 3.63) is 0 Å². The molecule has 1 heteroatoms. The first kappa shape index (κ1) is 8.55. The fourth-order valence-electron chi connectivity index (χ4n) is 2.77. The molecule has 2 fully saturated rings. The molecule has 0 aromatic carbocycles. The zero-order chi connectivity index (χ0) is 8.55. The maximum atomic E-state index is 5.68. The molecule has 0 aromatic heterocycles. The lowest BCUT2D eigenvalue weighted by Crippen LogP contribution is -2.28. The minimum absolute atomic E-state index is 0.639. The van der Waals surface area contributed by atoms with Gasteiger partial charge in [-0.15, -0.1) is 0 Å². The molecule has 1 heterocycles. The Bertz CT molecular complexity index is 153. The Morgan fingerprint density at radius 1 is 1.17 bits per heavy atom. The minimum Gasteiger partial charge on any atom is -0.378 e. The van der Waals surface area contributed by atoms with Crippen LogP contribution in [0.25, 0.3) is 0 Å². The van der Waals surface area contributed by atoms with Crippen LogP contribution >= 0.6 is 0 Å². The van der Waals surface area contributed by atoms with Crippen molar-refractivity contribution >= 4 is 0 Å². The van der Waals surface area contributed by atoms with E-state index in [0.29, 0.717) is 6.10 Å². The second-order valence-corrected chi connectivity index (χ2v) is 4.78. The van der Waals surface area contributed by atoms with Gasteiger partial charge in [0.05, 0.1) is 6.10 Å². The van der Waals surface area contributed by atoms with E-state index < -0.39 is 0 Å². The predicted octanol–water partition coefficient (Wildman–Crippen LogP) is 2.85. The summed E-state index contributed by atoms with van der Waals surface area (Å²) in [7, 11) is 0. The average molecular weight is 168 g/mol. The van der Waals surface area contributed by atoms with Gasteiger partial charge in [-0.1, -0.05) is 13.8 Å². The maximum Gasteiger partial charge on any atom is 0.0604 e. The number of hydrogen-bond donors (Lipinski definition) is 0. The Balaban J connectivity index is 1.92. The van der Waals surface area contributed by atoms with Gasteiger partial charge in [0.1, 0.15) is 0 Å². The fraction of sp³-hybridized carbons (Fsp3) is 1.00. The van der Waals surface area contributed by atoms with Crippen LogP contribution in [-0.4, -0.2) is 12.7 Å². The van der Waals surface area contributed by atoms with Crippen LogP contribution in [0.3, 0.4) is 0 Å². The van der Waals surface area contributed by atoms with Crippen LogP contribution in [0.4, 0.5) is 0 Å². The van der Waals surface area contributed by atoms with E-state index >= 15 is 0 Å². The van der Waals surface area contributed by atoms with E-state index in [0.717, 1.165) is 24.4 Å². The predicted molar refractivity (Wildman–Crippen MR) is 50.0 cm³/mol. The van der Waals surface area contributed by atoms with E-state index in [1.807, 2.05) is 0 Å². The van der Waals surface area contributed by atoms with E-state index in [1.165, 1.54) is 25.7 Å². The molecule has 2 rings (SSSR count). The lowest BCUT2D eigenvalue weighted by molar-refractivity contribution is 0.0439. The molecule has 0 radical (unpaired) electrons. The molecule has 0 aromatic rings. The Hall–Kier alpha value is -0.0400. The molecule has 70 valence electrons. The molecule has 1 saturated carbocycles.